The Hall–Kier alpha value is -3.09. The number of hydrogen-bond donors (Lipinski definition) is 1. The molecule has 1 N–H and O–H groups in total. The standard InChI is InChI=1S/C19H21N5O2/c1-5-16(19-22-13(4)24-26-19)23-18(25)15-8-6-14(7-9-15)17-12(3)20-10-11(2)21-17/h6-10,16H,5H2,1-4H3,(H,23,25)/t16-/m0/s1. The summed E-state index contributed by atoms with van der Waals surface area (Å²) in [5.41, 5.74) is 4.01. The first-order valence-corrected chi connectivity index (χ1v) is 8.49. The maximum absolute atomic E-state index is 12.5. The topological polar surface area (TPSA) is 93.8 Å². The molecule has 134 valence electrons. The lowest BCUT2D eigenvalue weighted by Gasteiger charge is -2.13. The monoisotopic (exact) mass is 351 g/mol. The Labute approximate surface area is 151 Å². The predicted octanol–water partition coefficient (Wildman–Crippen LogP) is 3.33. The van der Waals surface area contributed by atoms with Gasteiger partial charge in [0, 0.05) is 17.3 Å². The lowest BCUT2D eigenvalue weighted by Crippen LogP contribution is -2.28. The van der Waals surface area contributed by atoms with Gasteiger partial charge in [-0.25, -0.2) is 4.98 Å². The van der Waals surface area contributed by atoms with Crippen molar-refractivity contribution in [1.29, 1.82) is 0 Å². The number of nitrogens with zero attached hydrogens (tertiary/aromatic N) is 4. The van der Waals surface area contributed by atoms with Gasteiger partial charge in [-0.15, -0.1) is 0 Å². The molecule has 3 aromatic rings. The Bertz CT molecular complexity index is 918. The van der Waals surface area contributed by atoms with Crippen LogP contribution >= 0.6 is 0 Å². The Morgan fingerprint density at radius 2 is 1.88 bits per heavy atom. The molecule has 2 heterocycles. The van der Waals surface area contributed by atoms with E-state index < -0.39 is 0 Å². The summed E-state index contributed by atoms with van der Waals surface area (Å²) in [7, 11) is 0. The maximum atomic E-state index is 12.5. The van der Waals surface area contributed by atoms with E-state index in [-0.39, 0.29) is 11.9 Å². The Balaban J connectivity index is 1.77. The number of rotatable bonds is 5. The summed E-state index contributed by atoms with van der Waals surface area (Å²) in [5.74, 6) is 0.776. The summed E-state index contributed by atoms with van der Waals surface area (Å²) < 4.78 is 5.16. The minimum atomic E-state index is -0.312. The van der Waals surface area contributed by atoms with E-state index in [4.69, 9.17) is 4.52 Å². The summed E-state index contributed by atoms with van der Waals surface area (Å²) in [6.45, 7) is 7.52. The number of carbonyl (C=O) groups is 1. The first-order valence-electron chi connectivity index (χ1n) is 8.49. The van der Waals surface area contributed by atoms with Crippen molar-refractivity contribution in [3.63, 3.8) is 0 Å². The van der Waals surface area contributed by atoms with Crippen molar-refractivity contribution in [2.75, 3.05) is 0 Å². The van der Waals surface area contributed by atoms with Crippen LogP contribution in [0.4, 0.5) is 0 Å². The first-order chi connectivity index (χ1) is 12.5. The maximum Gasteiger partial charge on any atom is 0.251 e. The number of aromatic nitrogens is 4. The number of nitrogens with one attached hydrogen (secondary N) is 1. The fourth-order valence-electron chi connectivity index (χ4n) is 2.63. The first kappa shape index (κ1) is 17.7. The summed E-state index contributed by atoms with van der Waals surface area (Å²) in [6, 6.07) is 7.00. The van der Waals surface area contributed by atoms with Crippen LogP contribution < -0.4 is 5.32 Å². The number of amides is 1. The van der Waals surface area contributed by atoms with Gasteiger partial charge in [0.1, 0.15) is 6.04 Å². The van der Waals surface area contributed by atoms with Gasteiger partial charge in [0.2, 0.25) is 5.89 Å². The Kier molecular flexibility index (Phi) is 5.06. The third kappa shape index (κ3) is 3.77. The molecular formula is C19H21N5O2. The van der Waals surface area contributed by atoms with Gasteiger partial charge in [-0.3, -0.25) is 9.78 Å². The fourth-order valence-corrected chi connectivity index (χ4v) is 2.63. The molecule has 0 radical (unpaired) electrons. The van der Waals surface area contributed by atoms with Gasteiger partial charge in [0.15, 0.2) is 5.82 Å². The number of benzene rings is 1. The Morgan fingerprint density at radius 1 is 1.15 bits per heavy atom. The molecule has 26 heavy (non-hydrogen) atoms. The van der Waals surface area contributed by atoms with E-state index >= 15 is 0 Å². The van der Waals surface area contributed by atoms with Crippen LogP contribution in [-0.2, 0) is 0 Å². The van der Waals surface area contributed by atoms with Gasteiger partial charge < -0.3 is 9.84 Å². The van der Waals surface area contributed by atoms with Crippen LogP contribution in [0.2, 0.25) is 0 Å². The zero-order valence-corrected chi connectivity index (χ0v) is 15.3. The van der Waals surface area contributed by atoms with Gasteiger partial charge in [-0.05, 0) is 39.3 Å². The van der Waals surface area contributed by atoms with E-state index in [1.54, 1.807) is 25.3 Å². The van der Waals surface area contributed by atoms with Crippen LogP contribution in [-0.4, -0.2) is 26.0 Å². The second kappa shape index (κ2) is 7.43. The summed E-state index contributed by atoms with van der Waals surface area (Å²) >= 11 is 0. The van der Waals surface area contributed by atoms with Gasteiger partial charge in [0.05, 0.1) is 17.1 Å². The van der Waals surface area contributed by atoms with Crippen molar-refractivity contribution in [2.45, 2.75) is 40.2 Å². The van der Waals surface area contributed by atoms with Gasteiger partial charge >= 0.3 is 0 Å². The van der Waals surface area contributed by atoms with E-state index in [9.17, 15) is 4.79 Å². The largest absolute Gasteiger partial charge is 0.340 e. The van der Waals surface area contributed by atoms with Gasteiger partial charge in [-0.2, -0.15) is 4.98 Å². The molecule has 0 spiro atoms. The molecule has 1 atom stereocenters. The highest BCUT2D eigenvalue weighted by Crippen LogP contribution is 2.21. The molecule has 0 fully saturated rings. The molecule has 0 bridgehead atoms. The summed E-state index contributed by atoms with van der Waals surface area (Å²) in [6.07, 6.45) is 2.40. The molecule has 0 aliphatic rings. The summed E-state index contributed by atoms with van der Waals surface area (Å²) in [4.78, 5) is 25.6. The normalized spacial score (nSPS) is 12.0. The smallest absolute Gasteiger partial charge is 0.251 e. The van der Waals surface area contributed by atoms with Crippen LogP contribution in [0, 0.1) is 20.8 Å². The molecule has 0 aliphatic carbocycles. The molecule has 1 aromatic carbocycles. The van der Waals surface area contributed by atoms with Crippen molar-refractivity contribution >= 4 is 5.91 Å². The Morgan fingerprint density at radius 3 is 2.50 bits per heavy atom. The van der Waals surface area contributed by atoms with Crippen LogP contribution in [0.25, 0.3) is 11.3 Å². The molecule has 1 amide bonds. The van der Waals surface area contributed by atoms with Crippen LogP contribution in [0.5, 0.6) is 0 Å². The quantitative estimate of drug-likeness (QED) is 0.758. The van der Waals surface area contributed by atoms with Crippen LogP contribution in [0.3, 0.4) is 0 Å². The second-order valence-corrected chi connectivity index (χ2v) is 6.14. The minimum Gasteiger partial charge on any atom is -0.340 e. The third-order valence-electron chi connectivity index (χ3n) is 4.05. The van der Waals surface area contributed by atoms with E-state index in [1.165, 1.54) is 0 Å². The molecule has 3 rings (SSSR count). The van der Waals surface area contributed by atoms with Crippen molar-refractivity contribution in [3.8, 4) is 11.3 Å². The second-order valence-electron chi connectivity index (χ2n) is 6.14. The molecule has 0 saturated heterocycles. The van der Waals surface area contributed by atoms with E-state index in [0.29, 0.717) is 23.7 Å². The average Bonchev–Trinajstić information content (AvgIpc) is 3.08. The zero-order valence-electron chi connectivity index (χ0n) is 15.3. The lowest BCUT2D eigenvalue weighted by molar-refractivity contribution is 0.0927. The average molecular weight is 351 g/mol. The van der Waals surface area contributed by atoms with Crippen molar-refractivity contribution in [3.05, 3.63) is 59.1 Å². The molecular weight excluding hydrogens is 330 g/mol. The molecule has 2 aromatic heterocycles. The number of carbonyl (C=O) groups excluding carboxylic acids is 1. The molecule has 7 nitrogen and oxygen atoms in total. The highest BCUT2D eigenvalue weighted by atomic mass is 16.5. The van der Waals surface area contributed by atoms with Crippen molar-refractivity contribution in [2.24, 2.45) is 0 Å². The highest BCUT2D eigenvalue weighted by molar-refractivity contribution is 5.94. The minimum absolute atomic E-state index is 0.189. The molecule has 7 heteroatoms. The van der Waals surface area contributed by atoms with E-state index in [1.807, 2.05) is 32.9 Å². The molecule has 0 aliphatic heterocycles. The third-order valence-corrected chi connectivity index (χ3v) is 4.05. The lowest BCUT2D eigenvalue weighted by atomic mass is 10.1. The molecule has 0 saturated carbocycles. The van der Waals surface area contributed by atoms with E-state index in [0.717, 1.165) is 22.6 Å². The molecule has 0 unspecified atom stereocenters. The van der Waals surface area contributed by atoms with Crippen LogP contribution in [0.1, 0.15) is 52.8 Å². The van der Waals surface area contributed by atoms with Crippen molar-refractivity contribution < 1.29 is 9.32 Å². The summed E-state index contributed by atoms with van der Waals surface area (Å²) in [5, 5.41) is 6.70. The SMILES string of the molecule is CC[C@H](NC(=O)c1ccc(-c2nc(C)cnc2C)cc1)c1nc(C)no1. The number of hydrogen-bond acceptors (Lipinski definition) is 6. The van der Waals surface area contributed by atoms with Crippen molar-refractivity contribution in [1.82, 2.24) is 25.4 Å². The van der Waals surface area contributed by atoms with Gasteiger partial charge in [-0.1, -0.05) is 24.2 Å². The predicted molar refractivity (Wildman–Crippen MR) is 96.5 cm³/mol. The fraction of sp³-hybridized carbons (Fsp3) is 0.316. The van der Waals surface area contributed by atoms with E-state index in [2.05, 4.69) is 25.4 Å². The van der Waals surface area contributed by atoms with Gasteiger partial charge in [0.25, 0.3) is 5.91 Å². The highest BCUT2D eigenvalue weighted by Gasteiger charge is 2.19. The van der Waals surface area contributed by atoms with Crippen LogP contribution in [0.15, 0.2) is 35.0 Å². The number of aryl methyl sites for hydroxylation is 3. The zero-order chi connectivity index (χ0) is 18.7.